The molecule has 0 saturated heterocycles. The van der Waals surface area contributed by atoms with Gasteiger partial charge in [0.15, 0.2) is 5.69 Å². The third-order valence-electron chi connectivity index (χ3n) is 8.15. The monoisotopic (exact) mass is 574 g/mol. The lowest BCUT2D eigenvalue weighted by Gasteiger charge is -2.24. The second-order valence-electron chi connectivity index (χ2n) is 11.0. The van der Waals surface area contributed by atoms with Gasteiger partial charge in [-0.1, -0.05) is 103 Å². The van der Waals surface area contributed by atoms with E-state index < -0.39 is 6.04 Å². The number of nitrogens with one attached hydrogen (secondary N) is 2. The Bertz CT molecular complexity index is 2160. The number of aryl methyl sites for hydroxylation is 2. The van der Waals surface area contributed by atoms with E-state index in [1.54, 1.807) is 4.57 Å². The van der Waals surface area contributed by atoms with Crippen molar-refractivity contribution in [1.29, 1.82) is 0 Å². The van der Waals surface area contributed by atoms with Gasteiger partial charge in [0, 0.05) is 16.6 Å². The van der Waals surface area contributed by atoms with Crippen LogP contribution in [0.1, 0.15) is 22.7 Å². The summed E-state index contributed by atoms with van der Waals surface area (Å²) in [5.41, 5.74) is 8.02. The highest BCUT2D eigenvalue weighted by Gasteiger charge is 2.28. The first kappa shape index (κ1) is 27.1. The number of aromatic nitrogens is 3. The summed E-state index contributed by atoms with van der Waals surface area (Å²) in [5, 5.41) is 4.14. The van der Waals surface area contributed by atoms with Crippen LogP contribution in [0.3, 0.4) is 0 Å². The van der Waals surface area contributed by atoms with Crippen LogP contribution in [0.2, 0.25) is 0 Å². The quantitative estimate of drug-likeness (QED) is 0.211. The van der Waals surface area contributed by atoms with Crippen LogP contribution >= 0.6 is 0 Å². The van der Waals surface area contributed by atoms with Gasteiger partial charge in [0.2, 0.25) is 0 Å². The van der Waals surface area contributed by atoms with E-state index >= 15 is 0 Å². The van der Waals surface area contributed by atoms with Gasteiger partial charge in [0.25, 0.3) is 11.5 Å². The molecule has 6 nitrogen and oxygen atoms in total. The number of aromatic amines is 1. The summed E-state index contributed by atoms with van der Waals surface area (Å²) < 4.78 is 1.59. The zero-order valence-electron chi connectivity index (χ0n) is 24.4. The van der Waals surface area contributed by atoms with E-state index in [0.29, 0.717) is 22.3 Å². The molecule has 0 bridgehead atoms. The zero-order chi connectivity index (χ0) is 30.2. The van der Waals surface area contributed by atoms with Gasteiger partial charge in [-0.25, -0.2) is 4.98 Å². The fourth-order valence-electron chi connectivity index (χ4n) is 5.90. The number of carbonyl (C=O) groups excluding carboxylic acids is 1. The molecule has 6 heteroatoms. The Kier molecular flexibility index (Phi) is 6.87. The Morgan fingerprint density at radius 2 is 1.41 bits per heavy atom. The molecule has 2 heterocycles. The summed E-state index contributed by atoms with van der Waals surface area (Å²) in [6.45, 7) is 3.93. The predicted octanol–water partition coefficient (Wildman–Crippen LogP) is 8.06. The standard InChI is InChI=1S/C38H30N4O2/c1-24-11-10-12-25(2)34(24)41-37(43)36(28-21-19-27(20-22-28)26-13-4-3-5-14-26)42-33-18-9-8-17-31(33)40-35(38(42)44)32-23-29-15-6-7-16-30(29)39-32/h3-23,36,39H,1-2H3,(H,41,43). The minimum Gasteiger partial charge on any atom is -0.353 e. The molecule has 44 heavy (non-hydrogen) atoms. The molecule has 1 unspecified atom stereocenters. The van der Waals surface area contributed by atoms with E-state index in [9.17, 15) is 9.59 Å². The van der Waals surface area contributed by atoms with Gasteiger partial charge in [-0.15, -0.1) is 0 Å². The Labute approximate surface area is 254 Å². The van der Waals surface area contributed by atoms with Crippen molar-refractivity contribution in [3.8, 4) is 22.5 Å². The maximum atomic E-state index is 14.6. The number of hydrogen-bond acceptors (Lipinski definition) is 3. The van der Waals surface area contributed by atoms with Crippen molar-refractivity contribution in [3.63, 3.8) is 0 Å². The highest BCUT2D eigenvalue weighted by atomic mass is 16.2. The second kappa shape index (κ2) is 11.2. The molecule has 2 aromatic heterocycles. The minimum absolute atomic E-state index is 0.255. The normalized spacial score (nSPS) is 12.0. The number of carbonyl (C=O) groups is 1. The largest absolute Gasteiger partial charge is 0.353 e. The Morgan fingerprint density at radius 1 is 0.750 bits per heavy atom. The first-order chi connectivity index (χ1) is 21.5. The van der Waals surface area contributed by atoms with Gasteiger partial charge in [-0.3, -0.25) is 14.2 Å². The number of amides is 1. The van der Waals surface area contributed by atoms with Gasteiger partial charge in [-0.2, -0.15) is 0 Å². The summed E-state index contributed by atoms with van der Waals surface area (Å²) in [6.07, 6.45) is 0. The summed E-state index contributed by atoms with van der Waals surface area (Å²) in [4.78, 5) is 37.2. The lowest BCUT2D eigenvalue weighted by molar-refractivity contribution is -0.118. The van der Waals surface area contributed by atoms with Crippen LogP contribution in [0.25, 0.3) is 44.5 Å². The smallest absolute Gasteiger partial charge is 0.280 e. The van der Waals surface area contributed by atoms with E-state index in [2.05, 4.69) is 10.3 Å². The molecule has 0 aliphatic carbocycles. The molecule has 0 aliphatic heterocycles. The molecule has 1 amide bonds. The molecule has 5 aromatic carbocycles. The van der Waals surface area contributed by atoms with Crippen LogP contribution in [-0.4, -0.2) is 20.4 Å². The highest BCUT2D eigenvalue weighted by molar-refractivity contribution is 5.98. The highest BCUT2D eigenvalue weighted by Crippen LogP contribution is 2.30. The van der Waals surface area contributed by atoms with E-state index in [4.69, 9.17) is 4.98 Å². The number of rotatable bonds is 6. The van der Waals surface area contributed by atoms with Gasteiger partial charge in [0.05, 0.1) is 16.7 Å². The van der Waals surface area contributed by atoms with Crippen molar-refractivity contribution in [2.24, 2.45) is 0 Å². The lowest BCUT2D eigenvalue weighted by Crippen LogP contribution is -2.36. The summed E-state index contributed by atoms with van der Waals surface area (Å²) in [5.74, 6) is -0.309. The average Bonchev–Trinajstić information content (AvgIpc) is 3.49. The van der Waals surface area contributed by atoms with Crippen LogP contribution < -0.4 is 10.9 Å². The number of para-hydroxylation sites is 4. The number of fused-ring (bicyclic) bond motifs is 2. The van der Waals surface area contributed by atoms with Gasteiger partial charge >= 0.3 is 0 Å². The fourth-order valence-corrected chi connectivity index (χ4v) is 5.90. The van der Waals surface area contributed by atoms with Crippen molar-refractivity contribution in [2.75, 3.05) is 5.32 Å². The van der Waals surface area contributed by atoms with Crippen molar-refractivity contribution < 1.29 is 4.79 Å². The van der Waals surface area contributed by atoms with E-state index in [1.807, 2.05) is 141 Å². The number of nitrogens with zero attached hydrogens (tertiary/aromatic N) is 2. The maximum absolute atomic E-state index is 14.6. The van der Waals surface area contributed by atoms with Crippen LogP contribution in [0, 0.1) is 13.8 Å². The summed E-state index contributed by atoms with van der Waals surface area (Å²) in [6, 6.07) is 40.1. The average molecular weight is 575 g/mol. The second-order valence-corrected chi connectivity index (χ2v) is 11.0. The number of anilines is 1. The van der Waals surface area contributed by atoms with Crippen molar-refractivity contribution in [3.05, 3.63) is 154 Å². The molecule has 7 aromatic rings. The van der Waals surface area contributed by atoms with E-state index in [0.717, 1.165) is 38.8 Å². The Morgan fingerprint density at radius 3 is 2.16 bits per heavy atom. The molecular weight excluding hydrogens is 544 g/mol. The molecule has 2 N–H and O–H groups in total. The molecule has 1 atom stereocenters. The van der Waals surface area contributed by atoms with Gasteiger partial charge in [-0.05, 0) is 65.9 Å². The lowest BCUT2D eigenvalue weighted by atomic mass is 9.99. The number of hydrogen-bond donors (Lipinski definition) is 2. The molecule has 0 fully saturated rings. The first-order valence-corrected chi connectivity index (χ1v) is 14.6. The third kappa shape index (κ3) is 4.86. The SMILES string of the molecule is Cc1cccc(C)c1NC(=O)C(c1ccc(-c2ccccc2)cc1)n1c(=O)c(-c2cc3ccccc3[nH]2)nc2ccccc21. The van der Waals surface area contributed by atoms with Crippen molar-refractivity contribution in [1.82, 2.24) is 14.5 Å². The molecule has 0 saturated carbocycles. The van der Waals surface area contributed by atoms with Crippen molar-refractivity contribution >= 4 is 33.5 Å². The topological polar surface area (TPSA) is 79.8 Å². The molecule has 0 radical (unpaired) electrons. The first-order valence-electron chi connectivity index (χ1n) is 14.6. The van der Waals surface area contributed by atoms with Crippen LogP contribution in [-0.2, 0) is 4.79 Å². The maximum Gasteiger partial charge on any atom is 0.280 e. The zero-order valence-corrected chi connectivity index (χ0v) is 24.4. The molecular formula is C38H30N4O2. The number of benzene rings is 5. The van der Waals surface area contributed by atoms with Crippen molar-refractivity contribution in [2.45, 2.75) is 19.9 Å². The minimum atomic E-state index is -0.970. The predicted molar refractivity (Wildman–Crippen MR) is 178 cm³/mol. The van der Waals surface area contributed by atoms with Crippen LogP contribution in [0.4, 0.5) is 5.69 Å². The summed E-state index contributed by atoms with van der Waals surface area (Å²) in [7, 11) is 0. The van der Waals surface area contributed by atoms with Gasteiger partial charge < -0.3 is 10.3 Å². The van der Waals surface area contributed by atoms with E-state index in [-0.39, 0.29) is 17.2 Å². The van der Waals surface area contributed by atoms with Crippen LogP contribution in [0.15, 0.2) is 132 Å². The van der Waals surface area contributed by atoms with Crippen LogP contribution in [0.5, 0.6) is 0 Å². The third-order valence-corrected chi connectivity index (χ3v) is 8.15. The number of H-pyrrole nitrogens is 1. The summed E-state index contributed by atoms with van der Waals surface area (Å²) >= 11 is 0. The Hall–Kier alpha value is -5.75. The van der Waals surface area contributed by atoms with Gasteiger partial charge in [0.1, 0.15) is 6.04 Å². The molecule has 0 spiro atoms. The fraction of sp³-hybridized carbons (Fsp3) is 0.0789. The van der Waals surface area contributed by atoms with E-state index in [1.165, 1.54) is 0 Å². The molecule has 214 valence electrons. The molecule has 0 aliphatic rings. The Balaban J connectivity index is 1.44. The molecule has 7 rings (SSSR count).